The number of benzene rings is 3. The zero-order valence-electron chi connectivity index (χ0n) is 15.0. The van der Waals surface area contributed by atoms with Crippen LogP contribution in [0.15, 0.2) is 82.7 Å². The SMILES string of the molecule is O=C(OCc1ccccc1)C(CCSc1ccc2ccccc2c1)C1C=N1. The summed E-state index contributed by atoms with van der Waals surface area (Å²) in [6.45, 7) is 0.320. The van der Waals surface area contributed by atoms with Crippen molar-refractivity contribution < 1.29 is 9.53 Å². The fraction of sp³-hybridized carbons (Fsp3) is 0.217. The number of carbonyl (C=O) groups is 1. The lowest BCUT2D eigenvalue weighted by atomic mass is 10.0. The summed E-state index contributed by atoms with van der Waals surface area (Å²) < 4.78 is 5.52. The Labute approximate surface area is 163 Å². The summed E-state index contributed by atoms with van der Waals surface area (Å²) in [5, 5.41) is 2.49. The highest BCUT2D eigenvalue weighted by Gasteiger charge is 2.33. The minimum atomic E-state index is -0.179. The van der Waals surface area contributed by atoms with Gasteiger partial charge in [0.15, 0.2) is 0 Å². The highest BCUT2D eigenvalue weighted by Crippen LogP contribution is 2.28. The second kappa shape index (κ2) is 8.40. The molecule has 0 aliphatic carbocycles. The maximum absolute atomic E-state index is 12.5. The van der Waals surface area contributed by atoms with E-state index < -0.39 is 0 Å². The lowest BCUT2D eigenvalue weighted by Gasteiger charge is -2.14. The quantitative estimate of drug-likeness (QED) is 0.404. The number of esters is 1. The summed E-state index contributed by atoms with van der Waals surface area (Å²) in [4.78, 5) is 17.9. The van der Waals surface area contributed by atoms with E-state index in [-0.39, 0.29) is 17.9 Å². The molecule has 136 valence electrons. The minimum Gasteiger partial charge on any atom is -0.461 e. The zero-order valence-corrected chi connectivity index (χ0v) is 15.8. The number of hydrogen-bond acceptors (Lipinski definition) is 4. The van der Waals surface area contributed by atoms with E-state index in [1.54, 1.807) is 11.8 Å². The number of fused-ring (bicyclic) bond motifs is 1. The van der Waals surface area contributed by atoms with Crippen LogP contribution in [0.25, 0.3) is 10.8 Å². The molecule has 4 heteroatoms. The standard InChI is InChI=1S/C23H21NO2S/c25-23(26-16-17-6-2-1-3-7-17)21(22-15-24-22)12-13-27-20-11-10-18-8-4-5-9-19(18)14-20/h1-11,14-15,21-22H,12-13,16H2. The van der Waals surface area contributed by atoms with Crippen LogP contribution in [0.2, 0.25) is 0 Å². The molecule has 27 heavy (non-hydrogen) atoms. The molecule has 0 N–H and O–H groups in total. The van der Waals surface area contributed by atoms with Crippen LogP contribution in [0.4, 0.5) is 0 Å². The van der Waals surface area contributed by atoms with Gasteiger partial charge >= 0.3 is 5.97 Å². The highest BCUT2D eigenvalue weighted by molar-refractivity contribution is 7.99. The molecule has 1 aliphatic heterocycles. The predicted octanol–water partition coefficient (Wildman–Crippen LogP) is 5.13. The molecule has 0 bridgehead atoms. The molecule has 0 saturated carbocycles. The van der Waals surface area contributed by atoms with Gasteiger partial charge in [-0.25, -0.2) is 0 Å². The van der Waals surface area contributed by atoms with Gasteiger partial charge in [-0.05, 0) is 40.6 Å². The highest BCUT2D eigenvalue weighted by atomic mass is 32.2. The van der Waals surface area contributed by atoms with Gasteiger partial charge in [0.25, 0.3) is 0 Å². The second-order valence-electron chi connectivity index (χ2n) is 6.63. The van der Waals surface area contributed by atoms with E-state index in [2.05, 4.69) is 47.5 Å². The van der Waals surface area contributed by atoms with Gasteiger partial charge in [0.2, 0.25) is 0 Å². The average molecular weight is 375 g/mol. The summed E-state index contributed by atoms with van der Waals surface area (Å²) in [6, 6.07) is 24.6. The Morgan fingerprint density at radius 1 is 1.00 bits per heavy atom. The van der Waals surface area contributed by atoms with Crippen molar-refractivity contribution in [3.05, 3.63) is 78.4 Å². The van der Waals surface area contributed by atoms with Gasteiger partial charge in [0.05, 0.1) is 12.0 Å². The normalized spacial score (nSPS) is 16.2. The van der Waals surface area contributed by atoms with Crippen LogP contribution in [0, 0.1) is 5.92 Å². The van der Waals surface area contributed by atoms with Crippen LogP contribution in [-0.2, 0) is 16.1 Å². The molecule has 3 aromatic carbocycles. The third-order valence-electron chi connectivity index (χ3n) is 4.68. The van der Waals surface area contributed by atoms with Crippen molar-refractivity contribution in [2.24, 2.45) is 10.9 Å². The topological polar surface area (TPSA) is 38.7 Å². The van der Waals surface area contributed by atoms with E-state index in [1.165, 1.54) is 15.7 Å². The number of carbonyl (C=O) groups excluding carboxylic acids is 1. The number of rotatable bonds is 8. The maximum atomic E-state index is 12.5. The molecule has 3 nitrogen and oxygen atoms in total. The summed E-state index contributed by atoms with van der Waals surface area (Å²) in [6.07, 6.45) is 2.60. The second-order valence-corrected chi connectivity index (χ2v) is 7.80. The van der Waals surface area contributed by atoms with E-state index in [9.17, 15) is 4.79 Å². The van der Waals surface area contributed by atoms with Crippen molar-refractivity contribution in [2.75, 3.05) is 5.75 Å². The summed E-state index contributed by atoms with van der Waals surface area (Å²) >= 11 is 1.78. The predicted molar refractivity (Wildman–Crippen MR) is 111 cm³/mol. The number of ether oxygens (including phenoxy) is 1. The Bertz CT molecular complexity index is 949. The van der Waals surface area contributed by atoms with Gasteiger partial charge in [-0.1, -0.05) is 60.7 Å². The molecular formula is C23H21NO2S. The van der Waals surface area contributed by atoms with Crippen LogP contribution in [0.5, 0.6) is 0 Å². The number of nitrogens with zero attached hydrogens (tertiary/aromatic N) is 1. The number of hydrogen-bond donors (Lipinski definition) is 0. The minimum absolute atomic E-state index is 0.0190. The van der Waals surface area contributed by atoms with E-state index >= 15 is 0 Å². The number of thioether (sulfide) groups is 1. The first kappa shape index (κ1) is 17.8. The lowest BCUT2D eigenvalue weighted by molar-refractivity contribution is -0.149. The first-order valence-corrected chi connectivity index (χ1v) is 10.1. The fourth-order valence-electron chi connectivity index (χ4n) is 3.08. The Hall–Kier alpha value is -2.59. The van der Waals surface area contributed by atoms with Gasteiger partial charge in [-0.15, -0.1) is 11.8 Å². The van der Waals surface area contributed by atoms with Gasteiger partial charge in [-0.3, -0.25) is 9.79 Å². The summed E-state index contributed by atoms with van der Waals surface area (Å²) in [5.41, 5.74) is 1.01. The molecule has 0 fully saturated rings. The Balaban J connectivity index is 1.31. The van der Waals surface area contributed by atoms with Crippen molar-refractivity contribution in [3.63, 3.8) is 0 Å². The largest absolute Gasteiger partial charge is 0.461 e. The Morgan fingerprint density at radius 3 is 2.52 bits per heavy atom. The first-order valence-electron chi connectivity index (χ1n) is 9.15. The van der Waals surface area contributed by atoms with E-state index in [1.807, 2.05) is 36.5 Å². The van der Waals surface area contributed by atoms with E-state index in [0.717, 1.165) is 17.7 Å². The van der Waals surface area contributed by atoms with Crippen LogP contribution < -0.4 is 0 Å². The van der Waals surface area contributed by atoms with E-state index in [0.29, 0.717) is 6.61 Å². The van der Waals surface area contributed by atoms with Crippen LogP contribution in [0.3, 0.4) is 0 Å². The fourth-order valence-corrected chi connectivity index (χ4v) is 4.06. The maximum Gasteiger partial charge on any atom is 0.311 e. The van der Waals surface area contributed by atoms with E-state index in [4.69, 9.17) is 4.74 Å². The number of aliphatic imine (C=N–C) groups is 1. The molecule has 1 aliphatic rings. The van der Waals surface area contributed by atoms with Crippen LogP contribution >= 0.6 is 11.8 Å². The van der Waals surface area contributed by atoms with Crippen molar-refractivity contribution in [3.8, 4) is 0 Å². The van der Waals surface area contributed by atoms with Crippen molar-refractivity contribution in [2.45, 2.75) is 24.0 Å². The zero-order chi connectivity index (χ0) is 18.5. The Morgan fingerprint density at radius 2 is 1.74 bits per heavy atom. The molecule has 3 aromatic rings. The summed E-state index contributed by atoms with van der Waals surface area (Å²) in [7, 11) is 0. The van der Waals surface area contributed by atoms with Crippen molar-refractivity contribution >= 4 is 34.7 Å². The summed E-state index contributed by atoms with van der Waals surface area (Å²) in [5.74, 6) is 0.533. The Kier molecular flexibility index (Phi) is 5.54. The van der Waals surface area contributed by atoms with Crippen molar-refractivity contribution in [1.29, 1.82) is 0 Å². The molecule has 0 amide bonds. The molecule has 2 atom stereocenters. The van der Waals surface area contributed by atoms with Gasteiger partial charge in [-0.2, -0.15) is 0 Å². The molecule has 0 spiro atoms. The first-order chi connectivity index (χ1) is 13.3. The molecule has 0 radical (unpaired) electrons. The van der Waals surface area contributed by atoms with Gasteiger partial charge in [0.1, 0.15) is 6.61 Å². The molecule has 0 saturated heterocycles. The van der Waals surface area contributed by atoms with Gasteiger partial charge in [0, 0.05) is 11.1 Å². The van der Waals surface area contributed by atoms with Crippen LogP contribution in [0.1, 0.15) is 12.0 Å². The van der Waals surface area contributed by atoms with Crippen LogP contribution in [-0.4, -0.2) is 24.0 Å². The third kappa shape index (κ3) is 4.77. The third-order valence-corrected chi connectivity index (χ3v) is 5.71. The average Bonchev–Trinajstić information content (AvgIpc) is 3.55. The molecule has 4 rings (SSSR count). The molecule has 1 heterocycles. The monoisotopic (exact) mass is 375 g/mol. The molecule has 2 unspecified atom stereocenters. The molecule has 0 aromatic heterocycles. The van der Waals surface area contributed by atoms with Gasteiger partial charge < -0.3 is 4.74 Å². The van der Waals surface area contributed by atoms with Crippen molar-refractivity contribution in [1.82, 2.24) is 0 Å². The lowest BCUT2D eigenvalue weighted by Crippen LogP contribution is -2.24. The molecular weight excluding hydrogens is 354 g/mol. The smallest absolute Gasteiger partial charge is 0.311 e.